The van der Waals surface area contributed by atoms with Crippen molar-refractivity contribution < 1.29 is 9.53 Å². The summed E-state index contributed by atoms with van der Waals surface area (Å²) in [5, 5.41) is 8.24. The highest BCUT2D eigenvalue weighted by molar-refractivity contribution is 5.86. The van der Waals surface area contributed by atoms with E-state index in [2.05, 4.69) is 15.4 Å². The summed E-state index contributed by atoms with van der Waals surface area (Å²) in [5.74, 6) is 0.579. The molecule has 0 unspecified atom stereocenters. The van der Waals surface area contributed by atoms with E-state index in [1.54, 1.807) is 11.8 Å². The van der Waals surface area contributed by atoms with Crippen molar-refractivity contribution in [1.29, 1.82) is 0 Å². The summed E-state index contributed by atoms with van der Waals surface area (Å²) in [7, 11) is 3.46. The Morgan fingerprint density at radius 3 is 2.39 bits per heavy atom. The largest absolute Gasteiger partial charge is 0.479 e. The van der Waals surface area contributed by atoms with Crippen LogP contribution >= 0.6 is 24.8 Å². The zero-order valence-electron chi connectivity index (χ0n) is 17.6. The van der Waals surface area contributed by atoms with E-state index < -0.39 is 0 Å². The molecular weight excluding hydrogens is 401 g/mol. The van der Waals surface area contributed by atoms with E-state index in [0.29, 0.717) is 25.3 Å². The van der Waals surface area contributed by atoms with Gasteiger partial charge in [-0.05, 0) is 44.2 Å². The van der Waals surface area contributed by atoms with Gasteiger partial charge in [0, 0.05) is 31.2 Å². The number of nitrogens with zero attached hydrogens (tertiary/aromatic N) is 3. The zero-order chi connectivity index (χ0) is 19.5. The molecule has 2 rings (SSSR count). The molecule has 0 saturated carbocycles. The van der Waals surface area contributed by atoms with Crippen molar-refractivity contribution in [1.82, 2.24) is 20.1 Å². The molecule has 0 saturated heterocycles. The number of fused-ring (bicyclic) bond motifs is 1. The van der Waals surface area contributed by atoms with E-state index in [1.807, 2.05) is 34.7 Å². The molecule has 9 heteroatoms. The topological polar surface area (TPSA) is 95.1 Å². The van der Waals surface area contributed by atoms with Crippen molar-refractivity contribution in [3.63, 3.8) is 0 Å². The molecule has 0 spiro atoms. The Balaban J connectivity index is 0.00000364. The van der Waals surface area contributed by atoms with Crippen LogP contribution < -0.4 is 15.8 Å². The van der Waals surface area contributed by atoms with Gasteiger partial charge in [0.05, 0.1) is 12.5 Å². The molecule has 0 radical (unpaired) electrons. The van der Waals surface area contributed by atoms with E-state index in [4.69, 9.17) is 10.5 Å². The van der Waals surface area contributed by atoms with Gasteiger partial charge in [0.2, 0.25) is 11.8 Å². The fourth-order valence-corrected chi connectivity index (χ4v) is 3.21. The predicted octanol–water partition coefficient (Wildman–Crippen LogP) is 3.00. The number of carbonyl (C=O) groups excluding carboxylic acids is 1. The molecular formula is C19H33Cl2N5O2. The second-order valence-corrected chi connectivity index (χ2v) is 6.98. The van der Waals surface area contributed by atoms with E-state index in [0.717, 1.165) is 40.7 Å². The standard InChI is InChI=1S/C19H31N5O2.2ClH/c1-7-19(20,8-2)11-21-15(25)10-9-14-12(3)16-17(22-13(14)4)24(5)23-18(16)26-6;;/h7-11,20H2,1-6H3,(H,21,25);2*1H. The van der Waals surface area contributed by atoms with Crippen molar-refractivity contribution in [2.45, 2.75) is 58.9 Å². The van der Waals surface area contributed by atoms with Crippen LogP contribution in [0.2, 0.25) is 0 Å². The average molecular weight is 434 g/mol. The van der Waals surface area contributed by atoms with Gasteiger partial charge in [-0.2, -0.15) is 0 Å². The first-order valence-electron chi connectivity index (χ1n) is 9.18. The monoisotopic (exact) mass is 433 g/mol. The summed E-state index contributed by atoms with van der Waals surface area (Å²) < 4.78 is 7.11. The van der Waals surface area contributed by atoms with Gasteiger partial charge in [-0.25, -0.2) is 9.67 Å². The Hall–Kier alpha value is -1.57. The zero-order valence-corrected chi connectivity index (χ0v) is 19.2. The van der Waals surface area contributed by atoms with E-state index in [9.17, 15) is 4.79 Å². The van der Waals surface area contributed by atoms with E-state index >= 15 is 0 Å². The Morgan fingerprint density at radius 1 is 1.25 bits per heavy atom. The Morgan fingerprint density at radius 2 is 1.86 bits per heavy atom. The van der Waals surface area contributed by atoms with Crippen molar-refractivity contribution >= 4 is 41.8 Å². The quantitative estimate of drug-likeness (QED) is 0.666. The summed E-state index contributed by atoms with van der Waals surface area (Å²) in [6, 6.07) is 0. The number of hydrogen-bond acceptors (Lipinski definition) is 5. The molecule has 2 aromatic heterocycles. The van der Waals surface area contributed by atoms with Gasteiger partial charge in [-0.15, -0.1) is 29.9 Å². The highest BCUT2D eigenvalue weighted by atomic mass is 35.5. The fourth-order valence-electron chi connectivity index (χ4n) is 3.21. The first-order valence-corrected chi connectivity index (χ1v) is 9.18. The average Bonchev–Trinajstić information content (AvgIpc) is 2.95. The molecule has 28 heavy (non-hydrogen) atoms. The normalized spacial score (nSPS) is 11.0. The number of nitrogens with one attached hydrogen (secondary N) is 1. The van der Waals surface area contributed by atoms with Gasteiger partial charge in [-0.3, -0.25) is 4.79 Å². The third-order valence-corrected chi connectivity index (χ3v) is 5.36. The summed E-state index contributed by atoms with van der Waals surface area (Å²) in [6.45, 7) is 8.60. The van der Waals surface area contributed by atoms with Gasteiger partial charge >= 0.3 is 0 Å². The highest BCUT2D eigenvalue weighted by Gasteiger charge is 2.22. The Bertz CT molecular complexity index is 803. The number of halogens is 2. The van der Waals surface area contributed by atoms with Gasteiger partial charge in [0.15, 0.2) is 5.65 Å². The third-order valence-electron chi connectivity index (χ3n) is 5.36. The van der Waals surface area contributed by atoms with E-state index in [1.165, 1.54) is 0 Å². The lowest BCUT2D eigenvalue weighted by atomic mass is 9.94. The maximum atomic E-state index is 12.3. The van der Waals surface area contributed by atoms with Crippen molar-refractivity contribution in [3.8, 4) is 5.88 Å². The summed E-state index contributed by atoms with van der Waals surface area (Å²) in [5.41, 5.74) is 9.78. The molecule has 7 nitrogen and oxygen atoms in total. The van der Waals surface area contributed by atoms with Crippen LogP contribution in [-0.4, -0.2) is 39.9 Å². The van der Waals surface area contributed by atoms with Crippen LogP contribution in [0.3, 0.4) is 0 Å². The minimum absolute atomic E-state index is 0. The molecule has 0 aliphatic heterocycles. The smallest absolute Gasteiger partial charge is 0.242 e. The van der Waals surface area contributed by atoms with Crippen LogP contribution in [0.25, 0.3) is 11.0 Å². The van der Waals surface area contributed by atoms with Gasteiger partial charge in [0.25, 0.3) is 0 Å². The van der Waals surface area contributed by atoms with Crippen LogP contribution in [0.5, 0.6) is 5.88 Å². The molecule has 2 heterocycles. The molecule has 0 atom stereocenters. The maximum absolute atomic E-state index is 12.3. The van der Waals surface area contributed by atoms with Gasteiger partial charge in [-0.1, -0.05) is 13.8 Å². The molecule has 1 amide bonds. The summed E-state index contributed by atoms with van der Waals surface area (Å²) >= 11 is 0. The summed E-state index contributed by atoms with van der Waals surface area (Å²) in [6.07, 6.45) is 2.70. The number of carbonyl (C=O) groups is 1. The molecule has 0 fully saturated rings. The van der Waals surface area contributed by atoms with Gasteiger partial charge in [0.1, 0.15) is 0 Å². The minimum atomic E-state index is -0.328. The summed E-state index contributed by atoms with van der Waals surface area (Å²) in [4.78, 5) is 16.9. The Labute approximate surface area is 179 Å². The van der Waals surface area contributed by atoms with Crippen molar-refractivity contribution in [3.05, 3.63) is 16.8 Å². The first kappa shape index (κ1) is 26.4. The fraction of sp³-hybridized carbons (Fsp3) is 0.632. The number of aromatic nitrogens is 3. The highest BCUT2D eigenvalue weighted by Crippen LogP contribution is 2.30. The number of hydrogen-bond donors (Lipinski definition) is 2. The molecule has 2 aromatic rings. The molecule has 0 aromatic carbocycles. The van der Waals surface area contributed by atoms with Crippen LogP contribution in [0.15, 0.2) is 0 Å². The number of amides is 1. The minimum Gasteiger partial charge on any atom is -0.479 e. The number of nitrogens with two attached hydrogens (primary N) is 1. The number of pyridine rings is 1. The van der Waals surface area contributed by atoms with Gasteiger partial charge < -0.3 is 15.8 Å². The van der Waals surface area contributed by atoms with Crippen molar-refractivity contribution in [2.75, 3.05) is 13.7 Å². The number of methoxy groups -OCH3 is 1. The molecule has 3 N–H and O–H groups in total. The van der Waals surface area contributed by atoms with E-state index in [-0.39, 0.29) is 36.3 Å². The first-order chi connectivity index (χ1) is 12.3. The lowest BCUT2D eigenvalue weighted by Gasteiger charge is -2.26. The molecule has 0 aliphatic carbocycles. The molecule has 160 valence electrons. The van der Waals surface area contributed by atoms with Crippen LogP contribution in [0, 0.1) is 13.8 Å². The lowest BCUT2D eigenvalue weighted by Crippen LogP contribution is -2.49. The number of ether oxygens (including phenoxy) is 1. The van der Waals surface area contributed by atoms with Crippen LogP contribution in [0.4, 0.5) is 0 Å². The second-order valence-electron chi connectivity index (χ2n) is 6.98. The Kier molecular flexibility index (Phi) is 10.2. The van der Waals surface area contributed by atoms with Crippen molar-refractivity contribution in [2.24, 2.45) is 12.8 Å². The third kappa shape index (κ3) is 5.49. The number of rotatable bonds is 8. The predicted molar refractivity (Wildman–Crippen MR) is 118 cm³/mol. The molecule has 0 aliphatic rings. The maximum Gasteiger partial charge on any atom is 0.242 e. The lowest BCUT2D eigenvalue weighted by molar-refractivity contribution is -0.121. The molecule has 0 bridgehead atoms. The van der Waals surface area contributed by atoms with Crippen LogP contribution in [0.1, 0.15) is 49.9 Å². The SMILES string of the molecule is CCC(N)(CC)CNC(=O)CCc1c(C)nc2c(c(OC)nn2C)c1C.Cl.Cl. The number of aryl methyl sites for hydroxylation is 3. The second kappa shape index (κ2) is 10.8. The van der Waals surface area contributed by atoms with Crippen LogP contribution in [-0.2, 0) is 18.3 Å².